The Hall–Kier alpha value is -0.730. The lowest BCUT2D eigenvalue weighted by Gasteiger charge is -2.19. The number of benzene rings is 1. The molecule has 1 atom stereocenters. The smallest absolute Gasteiger partial charge is 0.141 e. The lowest BCUT2D eigenvalue weighted by atomic mass is 9.94. The fourth-order valence-electron chi connectivity index (χ4n) is 2.18. The van der Waals surface area contributed by atoms with Gasteiger partial charge in [-0.2, -0.15) is 0 Å². The maximum absolute atomic E-state index is 6.20. The first-order valence-electron chi connectivity index (χ1n) is 5.62. The minimum Gasteiger partial charge on any atom is -0.489 e. The Morgan fingerprint density at radius 3 is 2.81 bits per heavy atom. The van der Waals surface area contributed by atoms with Crippen LogP contribution in [-0.2, 0) is 12.8 Å². The highest BCUT2D eigenvalue weighted by molar-refractivity contribution is 6.32. The standard InChI is InChI=1S/C13H18ClNO/c1-8-4-10-5-9(7-13(2,3)15)6-11(14)12(10)16-8/h5-6,8H,4,7,15H2,1-3H3. The van der Waals surface area contributed by atoms with Crippen LogP contribution in [0.5, 0.6) is 5.75 Å². The molecular weight excluding hydrogens is 222 g/mol. The summed E-state index contributed by atoms with van der Waals surface area (Å²) < 4.78 is 5.66. The molecule has 1 aromatic carbocycles. The fourth-order valence-corrected chi connectivity index (χ4v) is 2.48. The summed E-state index contributed by atoms with van der Waals surface area (Å²) in [7, 11) is 0. The van der Waals surface area contributed by atoms with E-state index in [9.17, 15) is 0 Å². The molecule has 0 bridgehead atoms. The van der Waals surface area contributed by atoms with Crippen molar-refractivity contribution in [2.75, 3.05) is 0 Å². The molecule has 0 saturated carbocycles. The molecule has 0 aromatic heterocycles. The summed E-state index contributed by atoms with van der Waals surface area (Å²) in [6, 6.07) is 4.13. The second kappa shape index (κ2) is 3.94. The lowest BCUT2D eigenvalue weighted by Crippen LogP contribution is -2.34. The highest BCUT2D eigenvalue weighted by Crippen LogP contribution is 2.37. The van der Waals surface area contributed by atoms with E-state index in [4.69, 9.17) is 22.1 Å². The monoisotopic (exact) mass is 239 g/mol. The molecule has 1 unspecified atom stereocenters. The molecule has 1 aromatic rings. The summed E-state index contributed by atoms with van der Waals surface area (Å²) in [5.74, 6) is 0.854. The molecule has 0 radical (unpaired) electrons. The van der Waals surface area contributed by atoms with E-state index in [1.165, 1.54) is 11.1 Å². The first kappa shape index (κ1) is 11.7. The molecule has 0 spiro atoms. The molecule has 16 heavy (non-hydrogen) atoms. The van der Waals surface area contributed by atoms with Crippen LogP contribution >= 0.6 is 11.6 Å². The molecule has 0 fully saturated rings. The van der Waals surface area contributed by atoms with Gasteiger partial charge in [0.15, 0.2) is 0 Å². The van der Waals surface area contributed by atoms with E-state index in [-0.39, 0.29) is 11.6 Å². The number of hydrogen-bond donors (Lipinski definition) is 1. The average molecular weight is 240 g/mol. The molecule has 1 aliphatic rings. The summed E-state index contributed by atoms with van der Waals surface area (Å²) in [6.45, 7) is 6.10. The van der Waals surface area contributed by atoms with Crippen LogP contribution in [-0.4, -0.2) is 11.6 Å². The zero-order chi connectivity index (χ0) is 11.9. The molecule has 0 aliphatic carbocycles. The number of halogens is 1. The number of nitrogens with two attached hydrogens (primary N) is 1. The predicted molar refractivity (Wildman–Crippen MR) is 67.2 cm³/mol. The minimum atomic E-state index is -0.206. The Balaban J connectivity index is 2.31. The number of fused-ring (bicyclic) bond motifs is 1. The van der Waals surface area contributed by atoms with Crippen molar-refractivity contribution in [3.63, 3.8) is 0 Å². The quantitative estimate of drug-likeness (QED) is 0.861. The number of rotatable bonds is 2. The maximum atomic E-state index is 6.20. The second-order valence-corrected chi connectivity index (χ2v) is 5.77. The molecule has 3 heteroatoms. The first-order chi connectivity index (χ1) is 7.35. The van der Waals surface area contributed by atoms with Gasteiger partial charge < -0.3 is 10.5 Å². The lowest BCUT2D eigenvalue weighted by molar-refractivity contribution is 0.255. The van der Waals surface area contributed by atoms with Crippen LogP contribution in [0, 0.1) is 0 Å². The number of hydrogen-bond acceptors (Lipinski definition) is 2. The largest absolute Gasteiger partial charge is 0.489 e. The maximum Gasteiger partial charge on any atom is 0.141 e. The van der Waals surface area contributed by atoms with E-state index in [0.717, 1.165) is 18.6 Å². The molecule has 88 valence electrons. The van der Waals surface area contributed by atoms with Crippen LogP contribution in [0.4, 0.5) is 0 Å². The van der Waals surface area contributed by atoms with Gasteiger partial charge in [-0.3, -0.25) is 0 Å². The predicted octanol–water partition coefficient (Wildman–Crippen LogP) is 2.94. The van der Waals surface area contributed by atoms with Gasteiger partial charge in [0, 0.05) is 12.0 Å². The summed E-state index contributed by atoms with van der Waals surface area (Å²) in [5.41, 5.74) is 8.21. The van der Waals surface area contributed by atoms with E-state index < -0.39 is 0 Å². The molecule has 2 nitrogen and oxygen atoms in total. The molecule has 2 rings (SSSR count). The molecule has 0 amide bonds. The van der Waals surface area contributed by atoms with Gasteiger partial charge in [-0.05, 0) is 44.4 Å². The van der Waals surface area contributed by atoms with Gasteiger partial charge in [-0.25, -0.2) is 0 Å². The van der Waals surface area contributed by atoms with Crippen molar-refractivity contribution >= 4 is 11.6 Å². The van der Waals surface area contributed by atoms with E-state index in [1.54, 1.807) is 0 Å². The summed E-state index contributed by atoms with van der Waals surface area (Å²) >= 11 is 6.20. The van der Waals surface area contributed by atoms with Gasteiger partial charge in [0.05, 0.1) is 5.02 Å². The Labute approximate surface area is 102 Å². The van der Waals surface area contributed by atoms with E-state index in [1.807, 2.05) is 19.9 Å². The third kappa shape index (κ3) is 2.50. The Morgan fingerprint density at radius 2 is 2.19 bits per heavy atom. The van der Waals surface area contributed by atoms with Crippen LogP contribution in [0.3, 0.4) is 0 Å². The van der Waals surface area contributed by atoms with Crippen molar-refractivity contribution in [2.24, 2.45) is 5.73 Å². The summed E-state index contributed by atoms with van der Waals surface area (Å²) in [4.78, 5) is 0. The first-order valence-corrected chi connectivity index (χ1v) is 6.00. The Morgan fingerprint density at radius 1 is 1.50 bits per heavy atom. The van der Waals surface area contributed by atoms with Crippen molar-refractivity contribution in [2.45, 2.75) is 45.3 Å². The zero-order valence-electron chi connectivity index (χ0n) is 10.0. The van der Waals surface area contributed by atoms with Crippen molar-refractivity contribution in [3.05, 3.63) is 28.3 Å². The highest BCUT2D eigenvalue weighted by atomic mass is 35.5. The summed E-state index contributed by atoms with van der Waals surface area (Å²) in [5, 5.41) is 0.709. The summed E-state index contributed by atoms with van der Waals surface area (Å²) in [6.07, 6.45) is 2.00. The van der Waals surface area contributed by atoms with Crippen LogP contribution in [0.25, 0.3) is 0 Å². The second-order valence-electron chi connectivity index (χ2n) is 5.36. The van der Waals surface area contributed by atoms with Crippen LogP contribution in [0.15, 0.2) is 12.1 Å². The minimum absolute atomic E-state index is 0.206. The Bertz CT molecular complexity index is 409. The van der Waals surface area contributed by atoms with Gasteiger partial charge in [0.25, 0.3) is 0 Å². The molecule has 1 aliphatic heterocycles. The van der Waals surface area contributed by atoms with Crippen LogP contribution in [0.1, 0.15) is 31.9 Å². The van der Waals surface area contributed by atoms with Crippen LogP contribution < -0.4 is 10.5 Å². The fraction of sp³-hybridized carbons (Fsp3) is 0.538. The molecule has 2 N–H and O–H groups in total. The number of ether oxygens (including phenoxy) is 1. The molecule has 1 heterocycles. The van der Waals surface area contributed by atoms with Gasteiger partial charge >= 0.3 is 0 Å². The SMILES string of the molecule is CC1Cc2cc(CC(C)(C)N)cc(Cl)c2O1. The van der Waals surface area contributed by atoms with Crippen molar-refractivity contribution in [3.8, 4) is 5.75 Å². The zero-order valence-corrected chi connectivity index (χ0v) is 10.8. The van der Waals surface area contributed by atoms with Crippen molar-refractivity contribution < 1.29 is 4.74 Å². The highest BCUT2D eigenvalue weighted by Gasteiger charge is 2.23. The third-order valence-corrected chi connectivity index (χ3v) is 2.95. The van der Waals surface area contributed by atoms with Gasteiger partial charge in [-0.15, -0.1) is 0 Å². The van der Waals surface area contributed by atoms with Gasteiger partial charge in [-0.1, -0.05) is 17.7 Å². The van der Waals surface area contributed by atoms with Crippen LogP contribution in [0.2, 0.25) is 5.02 Å². The average Bonchev–Trinajstić information content (AvgIpc) is 2.42. The molecular formula is C13H18ClNO. The third-order valence-electron chi connectivity index (χ3n) is 2.67. The normalized spacial score (nSPS) is 19.4. The van der Waals surface area contributed by atoms with Crippen molar-refractivity contribution in [1.29, 1.82) is 0 Å². The topological polar surface area (TPSA) is 35.2 Å². The van der Waals surface area contributed by atoms with E-state index in [0.29, 0.717) is 5.02 Å². The van der Waals surface area contributed by atoms with E-state index in [2.05, 4.69) is 13.0 Å². The van der Waals surface area contributed by atoms with Crippen molar-refractivity contribution in [1.82, 2.24) is 0 Å². The molecule has 0 saturated heterocycles. The van der Waals surface area contributed by atoms with Gasteiger partial charge in [0.2, 0.25) is 0 Å². The Kier molecular flexibility index (Phi) is 2.89. The van der Waals surface area contributed by atoms with E-state index >= 15 is 0 Å². The van der Waals surface area contributed by atoms with Gasteiger partial charge in [0.1, 0.15) is 11.9 Å².